The molecular weight excluding hydrogens is 248 g/mol. The Labute approximate surface area is 120 Å². The second-order valence-electron chi connectivity index (χ2n) is 5.44. The number of hydrogen-bond acceptors (Lipinski definition) is 3. The maximum atomic E-state index is 5.92. The number of pyridine rings is 1. The number of ether oxygens (including phenoxy) is 1. The quantitative estimate of drug-likeness (QED) is 0.778. The molecule has 0 aliphatic carbocycles. The maximum Gasteiger partial charge on any atom is 0.145 e. The van der Waals surface area contributed by atoms with Gasteiger partial charge in [0.05, 0.1) is 6.61 Å². The first-order valence-electron chi connectivity index (χ1n) is 7.62. The second-order valence-corrected chi connectivity index (χ2v) is 5.44. The summed E-state index contributed by atoms with van der Waals surface area (Å²) in [5, 5.41) is 1.14. The number of likely N-dealkylation sites (tertiary alicyclic amines) is 1. The zero-order chi connectivity index (χ0) is 13.6. The van der Waals surface area contributed by atoms with E-state index in [2.05, 4.69) is 22.0 Å². The van der Waals surface area contributed by atoms with Gasteiger partial charge in [-0.2, -0.15) is 0 Å². The van der Waals surface area contributed by atoms with Gasteiger partial charge in [-0.3, -0.25) is 4.98 Å². The third-order valence-corrected chi connectivity index (χ3v) is 3.92. The van der Waals surface area contributed by atoms with Crippen LogP contribution in [0.4, 0.5) is 0 Å². The van der Waals surface area contributed by atoms with E-state index in [1.165, 1.54) is 32.4 Å². The van der Waals surface area contributed by atoms with Gasteiger partial charge in [0.1, 0.15) is 11.3 Å². The summed E-state index contributed by atoms with van der Waals surface area (Å²) in [4.78, 5) is 6.96. The van der Waals surface area contributed by atoms with Crippen molar-refractivity contribution in [3.8, 4) is 5.75 Å². The molecular formula is C17H22N2O. The van der Waals surface area contributed by atoms with E-state index in [1.807, 2.05) is 24.4 Å². The zero-order valence-electron chi connectivity index (χ0n) is 11.9. The molecule has 3 rings (SSSR count). The molecule has 106 valence electrons. The van der Waals surface area contributed by atoms with E-state index in [0.29, 0.717) is 0 Å². The van der Waals surface area contributed by atoms with Gasteiger partial charge in [0.15, 0.2) is 0 Å². The third kappa shape index (κ3) is 3.28. The van der Waals surface area contributed by atoms with Crippen LogP contribution < -0.4 is 4.74 Å². The summed E-state index contributed by atoms with van der Waals surface area (Å²) < 4.78 is 5.92. The lowest BCUT2D eigenvalue weighted by Crippen LogP contribution is -2.31. The van der Waals surface area contributed by atoms with E-state index in [4.69, 9.17) is 4.74 Å². The molecule has 1 aromatic heterocycles. The minimum absolute atomic E-state index is 0.770. The van der Waals surface area contributed by atoms with Gasteiger partial charge in [-0.25, -0.2) is 0 Å². The van der Waals surface area contributed by atoms with Gasteiger partial charge < -0.3 is 9.64 Å². The summed E-state index contributed by atoms with van der Waals surface area (Å²) >= 11 is 0. The average Bonchev–Trinajstić information content (AvgIpc) is 2.53. The number of piperidine rings is 1. The highest BCUT2D eigenvalue weighted by atomic mass is 16.5. The lowest BCUT2D eigenvalue weighted by Gasteiger charge is -2.26. The summed E-state index contributed by atoms with van der Waals surface area (Å²) in [5.74, 6) is 0.904. The van der Waals surface area contributed by atoms with E-state index in [9.17, 15) is 0 Å². The smallest absolute Gasteiger partial charge is 0.145 e. The number of nitrogens with zero attached hydrogens (tertiary/aromatic N) is 2. The van der Waals surface area contributed by atoms with E-state index in [0.717, 1.165) is 36.2 Å². The highest BCUT2D eigenvalue weighted by Gasteiger charge is 2.09. The van der Waals surface area contributed by atoms with Crippen molar-refractivity contribution in [1.29, 1.82) is 0 Å². The number of fused-ring (bicyclic) bond motifs is 1. The van der Waals surface area contributed by atoms with Gasteiger partial charge >= 0.3 is 0 Å². The zero-order valence-corrected chi connectivity index (χ0v) is 11.9. The largest absolute Gasteiger partial charge is 0.491 e. The molecule has 2 aromatic rings. The first kappa shape index (κ1) is 13.4. The molecule has 0 spiro atoms. The molecule has 0 radical (unpaired) electrons. The number of rotatable bonds is 5. The predicted molar refractivity (Wildman–Crippen MR) is 82.1 cm³/mol. The van der Waals surface area contributed by atoms with Crippen LogP contribution in [0.25, 0.3) is 10.9 Å². The summed E-state index contributed by atoms with van der Waals surface area (Å²) in [6.07, 6.45) is 7.02. The van der Waals surface area contributed by atoms with E-state index < -0.39 is 0 Å². The van der Waals surface area contributed by atoms with Gasteiger partial charge in [0.2, 0.25) is 0 Å². The molecule has 1 fully saturated rings. The first-order chi connectivity index (χ1) is 9.93. The fraction of sp³-hybridized carbons (Fsp3) is 0.471. The molecule has 0 N–H and O–H groups in total. The van der Waals surface area contributed by atoms with Crippen molar-refractivity contribution in [3.05, 3.63) is 36.5 Å². The highest BCUT2D eigenvalue weighted by Crippen LogP contribution is 2.23. The summed E-state index contributed by atoms with van der Waals surface area (Å²) in [5.41, 5.74) is 0.966. The van der Waals surface area contributed by atoms with Crippen LogP contribution in [-0.2, 0) is 0 Å². The topological polar surface area (TPSA) is 25.4 Å². The van der Waals surface area contributed by atoms with Crippen LogP contribution >= 0.6 is 0 Å². The monoisotopic (exact) mass is 270 g/mol. The van der Waals surface area contributed by atoms with Crippen molar-refractivity contribution in [1.82, 2.24) is 9.88 Å². The van der Waals surface area contributed by atoms with E-state index >= 15 is 0 Å². The van der Waals surface area contributed by atoms with Crippen molar-refractivity contribution >= 4 is 10.9 Å². The SMILES string of the molecule is c1cnc2c(OCCCN3CCCCC3)cccc2c1. The molecule has 0 bridgehead atoms. The molecule has 3 nitrogen and oxygen atoms in total. The second kappa shape index (κ2) is 6.71. The van der Waals surface area contributed by atoms with Gasteiger partial charge in [-0.05, 0) is 44.5 Å². The Kier molecular flexibility index (Phi) is 4.49. The van der Waals surface area contributed by atoms with Gasteiger partial charge in [-0.1, -0.05) is 24.6 Å². The van der Waals surface area contributed by atoms with Crippen LogP contribution in [0.15, 0.2) is 36.5 Å². The van der Waals surface area contributed by atoms with Crippen LogP contribution in [0.5, 0.6) is 5.75 Å². The van der Waals surface area contributed by atoms with Crippen LogP contribution in [-0.4, -0.2) is 36.1 Å². The minimum Gasteiger partial charge on any atom is -0.491 e. The molecule has 3 heteroatoms. The van der Waals surface area contributed by atoms with Crippen LogP contribution in [0.3, 0.4) is 0 Å². The molecule has 2 heterocycles. The van der Waals surface area contributed by atoms with Crippen molar-refractivity contribution < 1.29 is 4.74 Å². The minimum atomic E-state index is 0.770. The summed E-state index contributed by atoms with van der Waals surface area (Å²) in [6.45, 7) is 4.44. The molecule has 0 atom stereocenters. The summed E-state index contributed by atoms with van der Waals surface area (Å²) in [6, 6.07) is 10.1. The standard InChI is InChI=1S/C17H22N2O/c1-2-11-19(12-3-1)13-6-14-20-16-9-4-7-15-8-5-10-18-17(15)16/h4-5,7-10H,1-3,6,11-14H2. The van der Waals surface area contributed by atoms with Crippen molar-refractivity contribution in [3.63, 3.8) is 0 Å². The molecule has 0 amide bonds. The average molecular weight is 270 g/mol. The lowest BCUT2D eigenvalue weighted by molar-refractivity contribution is 0.205. The van der Waals surface area contributed by atoms with Crippen molar-refractivity contribution in [2.75, 3.05) is 26.2 Å². The third-order valence-electron chi connectivity index (χ3n) is 3.92. The Bertz CT molecular complexity index is 544. The van der Waals surface area contributed by atoms with E-state index in [1.54, 1.807) is 0 Å². The number of hydrogen-bond donors (Lipinski definition) is 0. The van der Waals surface area contributed by atoms with Crippen LogP contribution in [0, 0.1) is 0 Å². The van der Waals surface area contributed by atoms with E-state index in [-0.39, 0.29) is 0 Å². The Hall–Kier alpha value is -1.61. The van der Waals surface area contributed by atoms with Gasteiger partial charge in [-0.15, -0.1) is 0 Å². The van der Waals surface area contributed by atoms with Gasteiger partial charge in [0.25, 0.3) is 0 Å². The Morgan fingerprint density at radius 3 is 2.80 bits per heavy atom. The number of benzene rings is 1. The fourth-order valence-electron chi connectivity index (χ4n) is 2.85. The van der Waals surface area contributed by atoms with Crippen LogP contribution in [0.1, 0.15) is 25.7 Å². The normalized spacial score (nSPS) is 16.4. The van der Waals surface area contributed by atoms with Gasteiger partial charge in [0, 0.05) is 18.1 Å². The Balaban J connectivity index is 1.52. The molecule has 1 aliphatic rings. The molecule has 20 heavy (non-hydrogen) atoms. The van der Waals surface area contributed by atoms with Crippen molar-refractivity contribution in [2.45, 2.75) is 25.7 Å². The maximum absolute atomic E-state index is 5.92. The molecule has 1 aliphatic heterocycles. The first-order valence-corrected chi connectivity index (χ1v) is 7.62. The Morgan fingerprint density at radius 1 is 1.05 bits per heavy atom. The fourth-order valence-corrected chi connectivity index (χ4v) is 2.85. The number of aromatic nitrogens is 1. The molecule has 0 saturated carbocycles. The Morgan fingerprint density at radius 2 is 1.90 bits per heavy atom. The lowest BCUT2D eigenvalue weighted by atomic mass is 10.1. The molecule has 1 saturated heterocycles. The number of para-hydroxylation sites is 1. The van der Waals surface area contributed by atoms with Crippen molar-refractivity contribution in [2.24, 2.45) is 0 Å². The van der Waals surface area contributed by atoms with Crippen LogP contribution in [0.2, 0.25) is 0 Å². The highest BCUT2D eigenvalue weighted by molar-refractivity contribution is 5.84. The molecule has 1 aromatic carbocycles. The predicted octanol–water partition coefficient (Wildman–Crippen LogP) is 3.49. The summed E-state index contributed by atoms with van der Waals surface area (Å²) in [7, 11) is 0. The molecule has 0 unspecified atom stereocenters.